The van der Waals surface area contributed by atoms with Gasteiger partial charge in [0.1, 0.15) is 5.56 Å². The van der Waals surface area contributed by atoms with Crippen molar-refractivity contribution >= 4 is 17.3 Å². The van der Waals surface area contributed by atoms with Gasteiger partial charge in [-0.2, -0.15) is 0 Å². The van der Waals surface area contributed by atoms with Gasteiger partial charge in [-0.1, -0.05) is 0 Å². The van der Waals surface area contributed by atoms with Crippen LogP contribution in [0.2, 0.25) is 0 Å². The van der Waals surface area contributed by atoms with Crippen LogP contribution >= 0.6 is 0 Å². The molecule has 0 bridgehead atoms. The number of rotatable bonds is 3. The molecule has 2 N–H and O–H groups in total. The van der Waals surface area contributed by atoms with Gasteiger partial charge in [0.25, 0.3) is 17.3 Å². The number of nitro benzene ring substituents is 2. The number of nitro groups is 2. The highest BCUT2D eigenvalue weighted by Crippen LogP contribution is 2.27. The molecule has 0 aliphatic carbocycles. The molecule has 1 amide bonds. The average Bonchev–Trinajstić information content (AvgIpc) is 2.15. The van der Waals surface area contributed by atoms with Crippen LogP contribution in [0, 0.1) is 27.2 Å². The fraction of sp³-hybridized carbons (Fsp3) is 0.125. The van der Waals surface area contributed by atoms with Gasteiger partial charge in [0.15, 0.2) is 0 Å². The van der Waals surface area contributed by atoms with Crippen LogP contribution in [0.5, 0.6) is 0 Å². The Kier molecular flexibility index (Phi) is 2.84. The number of benzene rings is 1. The van der Waals surface area contributed by atoms with Crippen LogP contribution in [-0.2, 0) is 0 Å². The third kappa shape index (κ3) is 1.95. The summed E-state index contributed by atoms with van der Waals surface area (Å²) in [5.41, 5.74) is 3.66. The first-order chi connectivity index (χ1) is 7.34. The molecule has 1 aromatic carbocycles. The summed E-state index contributed by atoms with van der Waals surface area (Å²) in [5, 5.41) is 21.1. The molecular formula is C8H7N3O5. The van der Waals surface area contributed by atoms with E-state index in [0.717, 1.165) is 6.07 Å². The van der Waals surface area contributed by atoms with E-state index in [-0.39, 0.29) is 11.1 Å². The Morgan fingerprint density at radius 1 is 1.25 bits per heavy atom. The van der Waals surface area contributed by atoms with Gasteiger partial charge < -0.3 is 5.73 Å². The van der Waals surface area contributed by atoms with Crippen molar-refractivity contribution in [1.29, 1.82) is 0 Å². The number of nitrogens with two attached hydrogens (primary N) is 1. The quantitative estimate of drug-likeness (QED) is 0.603. The van der Waals surface area contributed by atoms with Gasteiger partial charge in [-0.3, -0.25) is 25.0 Å². The summed E-state index contributed by atoms with van der Waals surface area (Å²) in [6.07, 6.45) is 0. The van der Waals surface area contributed by atoms with Crippen LogP contribution in [0.25, 0.3) is 0 Å². The van der Waals surface area contributed by atoms with Gasteiger partial charge in [-0.15, -0.1) is 0 Å². The molecule has 0 aliphatic rings. The Morgan fingerprint density at radius 2 is 1.81 bits per heavy atom. The second kappa shape index (κ2) is 3.93. The van der Waals surface area contributed by atoms with Crippen molar-refractivity contribution in [2.24, 2.45) is 5.73 Å². The molecule has 8 heteroatoms. The minimum Gasteiger partial charge on any atom is -0.365 e. The number of amides is 1. The third-order valence-corrected chi connectivity index (χ3v) is 1.95. The first kappa shape index (κ1) is 11.6. The lowest BCUT2D eigenvalue weighted by Gasteiger charge is -2.02. The first-order valence-electron chi connectivity index (χ1n) is 4.08. The fourth-order valence-corrected chi connectivity index (χ4v) is 1.32. The van der Waals surface area contributed by atoms with E-state index < -0.39 is 27.1 Å². The number of carbonyl (C=O) groups is 1. The minimum absolute atomic E-state index is 0.105. The number of non-ortho nitro benzene ring substituents is 1. The predicted octanol–water partition coefficient (Wildman–Crippen LogP) is 0.910. The highest BCUT2D eigenvalue weighted by atomic mass is 16.6. The predicted molar refractivity (Wildman–Crippen MR) is 53.0 cm³/mol. The summed E-state index contributed by atoms with van der Waals surface area (Å²) < 4.78 is 0. The topological polar surface area (TPSA) is 129 Å². The average molecular weight is 225 g/mol. The van der Waals surface area contributed by atoms with Crippen LogP contribution in [0.15, 0.2) is 12.1 Å². The second-order valence-electron chi connectivity index (χ2n) is 3.04. The third-order valence-electron chi connectivity index (χ3n) is 1.95. The van der Waals surface area contributed by atoms with Gasteiger partial charge in [0.2, 0.25) is 0 Å². The van der Waals surface area contributed by atoms with E-state index in [0.29, 0.717) is 6.07 Å². The van der Waals surface area contributed by atoms with Crippen molar-refractivity contribution in [1.82, 2.24) is 0 Å². The van der Waals surface area contributed by atoms with Gasteiger partial charge >= 0.3 is 0 Å². The largest absolute Gasteiger partial charge is 0.365 e. The Balaban J connectivity index is 3.58. The molecule has 1 rings (SSSR count). The maximum absolute atomic E-state index is 11.0. The van der Waals surface area contributed by atoms with Gasteiger partial charge in [0, 0.05) is 6.07 Å². The molecular weight excluding hydrogens is 218 g/mol. The van der Waals surface area contributed by atoms with Crippen LogP contribution in [-0.4, -0.2) is 15.8 Å². The molecule has 0 aromatic heterocycles. The number of aryl methyl sites for hydroxylation is 1. The molecule has 1 aromatic rings. The molecule has 84 valence electrons. The summed E-state index contributed by atoms with van der Waals surface area (Å²) in [7, 11) is 0. The SMILES string of the molecule is Cc1cc([N+](=O)[O-])cc([N+](=O)[O-])c1C(N)=O. The molecule has 0 atom stereocenters. The summed E-state index contributed by atoms with van der Waals surface area (Å²) in [5.74, 6) is -0.987. The second-order valence-corrected chi connectivity index (χ2v) is 3.04. The zero-order valence-corrected chi connectivity index (χ0v) is 8.17. The number of carbonyl (C=O) groups excluding carboxylic acids is 1. The highest BCUT2D eigenvalue weighted by molar-refractivity contribution is 5.98. The Hall–Kier alpha value is -2.51. The maximum Gasteiger partial charge on any atom is 0.289 e. The first-order valence-corrected chi connectivity index (χ1v) is 4.08. The highest BCUT2D eigenvalue weighted by Gasteiger charge is 2.25. The van der Waals surface area contributed by atoms with E-state index in [1.54, 1.807) is 0 Å². The van der Waals surface area contributed by atoms with Gasteiger partial charge in [-0.05, 0) is 12.5 Å². The summed E-state index contributed by atoms with van der Waals surface area (Å²) in [6, 6.07) is 1.78. The van der Waals surface area contributed by atoms with Crippen molar-refractivity contribution in [3.05, 3.63) is 43.5 Å². The minimum atomic E-state index is -0.987. The monoisotopic (exact) mass is 225 g/mol. The molecule has 0 radical (unpaired) electrons. The summed E-state index contributed by atoms with van der Waals surface area (Å²) in [4.78, 5) is 30.4. The van der Waals surface area contributed by atoms with Crippen LogP contribution in [0.4, 0.5) is 11.4 Å². The number of primary amides is 1. The molecule has 0 saturated heterocycles. The van der Waals surface area contributed by atoms with Gasteiger partial charge in [-0.25, -0.2) is 0 Å². The van der Waals surface area contributed by atoms with Crippen molar-refractivity contribution in [3.8, 4) is 0 Å². The van der Waals surface area contributed by atoms with Crippen molar-refractivity contribution in [2.75, 3.05) is 0 Å². The molecule has 16 heavy (non-hydrogen) atoms. The smallest absolute Gasteiger partial charge is 0.289 e. The lowest BCUT2D eigenvalue weighted by molar-refractivity contribution is -0.394. The molecule has 0 unspecified atom stereocenters. The van der Waals surface area contributed by atoms with Crippen LogP contribution in [0.3, 0.4) is 0 Å². The van der Waals surface area contributed by atoms with E-state index in [1.807, 2.05) is 0 Å². The fourth-order valence-electron chi connectivity index (χ4n) is 1.32. The lowest BCUT2D eigenvalue weighted by atomic mass is 10.1. The van der Waals surface area contributed by atoms with E-state index >= 15 is 0 Å². The summed E-state index contributed by atoms with van der Waals surface area (Å²) >= 11 is 0. The molecule has 0 spiro atoms. The number of nitrogens with zero attached hydrogens (tertiary/aromatic N) is 2. The Morgan fingerprint density at radius 3 is 2.19 bits per heavy atom. The Bertz CT molecular complexity index is 497. The Labute approximate surface area is 89.0 Å². The van der Waals surface area contributed by atoms with Crippen molar-refractivity contribution < 1.29 is 14.6 Å². The van der Waals surface area contributed by atoms with Crippen LogP contribution < -0.4 is 5.73 Å². The molecule has 0 fully saturated rings. The number of hydrogen-bond acceptors (Lipinski definition) is 5. The normalized spacial score (nSPS) is 9.81. The molecule has 0 heterocycles. The van der Waals surface area contributed by atoms with Crippen molar-refractivity contribution in [3.63, 3.8) is 0 Å². The summed E-state index contributed by atoms with van der Waals surface area (Å²) in [6.45, 7) is 1.35. The van der Waals surface area contributed by atoms with E-state index in [9.17, 15) is 25.0 Å². The lowest BCUT2D eigenvalue weighted by Crippen LogP contribution is -2.15. The van der Waals surface area contributed by atoms with Gasteiger partial charge in [0.05, 0.1) is 15.9 Å². The zero-order chi connectivity index (χ0) is 12.5. The maximum atomic E-state index is 11.0. The van der Waals surface area contributed by atoms with E-state index in [2.05, 4.69) is 0 Å². The number of hydrogen-bond donors (Lipinski definition) is 1. The van der Waals surface area contributed by atoms with E-state index in [4.69, 9.17) is 5.73 Å². The van der Waals surface area contributed by atoms with E-state index in [1.165, 1.54) is 6.92 Å². The zero-order valence-electron chi connectivity index (χ0n) is 8.17. The molecule has 8 nitrogen and oxygen atoms in total. The molecule has 0 saturated carbocycles. The van der Waals surface area contributed by atoms with Crippen molar-refractivity contribution in [2.45, 2.75) is 6.92 Å². The van der Waals surface area contributed by atoms with Crippen LogP contribution in [0.1, 0.15) is 15.9 Å². The molecule has 0 aliphatic heterocycles. The standard InChI is InChI=1S/C8H7N3O5/c1-4-2-5(10(13)14)3-6(11(15)16)7(4)8(9)12/h2-3H,1H3,(H2,9,12).